The first-order valence-electron chi connectivity index (χ1n) is 23.1. The summed E-state index contributed by atoms with van der Waals surface area (Å²) in [6, 6.07) is 54.9. The molecule has 4 saturated carbocycles. The summed E-state index contributed by atoms with van der Waals surface area (Å²) in [7, 11) is -14.4. The average molecular weight is 1150 g/mol. The lowest BCUT2D eigenvalue weighted by atomic mass is 9.50. The molecule has 6 aromatic carbocycles. The Balaban J connectivity index is 0.000000194. The summed E-state index contributed by atoms with van der Waals surface area (Å²) in [5.74, 6) is -15.3. The Hall–Kier alpha value is -5.30. The fraction of sp³-hybridized carbons (Fsp3) is 0.302. The first kappa shape index (κ1) is 58.4. The lowest BCUT2D eigenvalue weighted by Crippen LogP contribution is -2.63. The number of sulfone groups is 1. The SMILES string of the molecule is O=C(OCC12CC3CC(CC(C3)C1)C2)C(F)(F)S(=O)([O-])(O[S+](c1ccccc1)c1ccccc1)c1ccccc1.O=S(=O)([O-])C(F)(F)C(F)(F)C(F)(F)C(F)(F)F.c1ccc([S+](c2ccccc2)c2ccccc2)cc1. The van der Waals surface area contributed by atoms with E-state index in [1.165, 1.54) is 32.9 Å². The highest BCUT2D eigenvalue weighted by molar-refractivity contribution is 8.18. The van der Waals surface area contributed by atoms with Gasteiger partial charge in [-0.15, -0.1) is 0 Å². The van der Waals surface area contributed by atoms with Crippen molar-refractivity contribution in [3.05, 3.63) is 182 Å². The maximum absolute atomic E-state index is 16.3. The second kappa shape index (κ2) is 22.2. The minimum absolute atomic E-state index is 0.0146. The van der Waals surface area contributed by atoms with E-state index < -0.39 is 70.3 Å². The second-order valence-corrected chi connectivity index (χ2v) is 26.5. The van der Waals surface area contributed by atoms with Gasteiger partial charge >= 0.3 is 34.5 Å². The van der Waals surface area contributed by atoms with E-state index in [0.29, 0.717) is 27.5 Å². The van der Waals surface area contributed by atoms with Gasteiger partial charge in [-0.1, -0.05) is 113 Å². The van der Waals surface area contributed by atoms with Gasteiger partial charge in [-0.2, -0.15) is 48.3 Å². The van der Waals surface area contributed by atoms with Gasteiger partial charge in [0.1, 0.15) is 0 Å². The molecule has 0 aromatic heterocycles. The molecule has 4 aliphatic carbocycles. The van der Waals surface area contributed by atoms with Crippen LogP contribution in [0.2, 0.25) is 0 Å². The molecule has 0 saturated heterocycles. The normalized spacial score (nSPS) is 20.4. The quantitative estimate of drug-likeness (QED) is 0.0430. The van der Waals surface area contributed by atoms with Crippen LogP contribution in [0.3, 0.4) is 0 Å². The Kier molecular flexibility index (Phi) is 17.1. The monoisotopic (exact) mass is 1150 g/mol. The van der Waals surface area contributed by atoms with Gasteiger partial charge in [0, 0.05) is 10.3 Å². The van der Waals surface area contributed by atoms with Crippen LogP contribution in [0.1, 0.15) is 38.5 Å². The summed E-state index contributed by atoms with van der Waals surface area (Å²) >= 11 is -1.80. The summed E-state index contributed by atoms with van der Waals surface area (Å²) in [6.07, 6.45) is -1.25. The summed E-state index contributed by atoms with van der Waals surface area (Å²) < 4.78 is 208. The Labute approximate surface area is 437 Å². The lowest BCUT2D eigenvalue weighted by molar-refractivity contribution is -0.382. The third kappa shape index (κ3) is 11.7. The number of carbonyl (C=O) groups excluding carboxylic acids is 1. The molecule has 23 heteroatoms. The molecule has 0 atom stereocenters. The van der Waals surface area contributed by atoms with Crippen molar-refractivity contribution in [3.8, 4) is 0 Å². The Morgan fingerprint density at radius 3 is 1.17 bits per heavy atom. The smallest absolute Gasteiger partial charge is 0.460 e. The summed E-state index contributed by atoms with van der Waals surface area (Å²) in [5, 5.41) is -12.1. The van der Waals surface area contributed by atoms with Crippen LogP contribution in [0.25, 0.3) is 0 Å². The highest BCUT2D eigenvalue weighted by Crippen LogP contribution is 2.61. The van der Waals surface area contributed by atoms with Crippen LogP contribution >= 0.6 is 0 Å². The molecule has 0 amide bonds. The Morgan fingerprint density at radius 1 is 0.539 bits per heavy atom. The minimum atomic E-state index is -7.43. The Bertz CT molecular complexity index is 2910. The molecule has 4 fully saturated rings. The van der Waals surface area contributed by atoms with E-state index >= 15 is 8.78 Å². The maximum Gasteiger partial charge on any atom is 0.460 e. The summed E-state index contributed by atoms with van der Waals surface area (Å²) in [4.78, 5) is 17.3. The van der Waals surface area contributed by atoms with Gasteiger partial charge in [0.05, 0.1) is 27.1 Å². The number of rotatable bonds is 15. The largest absolute Gasteiger partial charge is 0.757 e. The first-order chi connectivity index (χ1) is 35.5. The van der Waals surface area contributed by atoms with Crippen molar-refractivity contribution in [2.75, 3.05) is 6.61 Å². The number of ether oxygens (including phenoxy) is 1. The van der Waals surface area contributed by atoms with E-state index in [2.05, 4.69) is 91.0 Å². The van der Waals surface area contributed by atoms with Crippen LogP contribution in [-0.2, 0) is 55.0 Å². The second-order valence-electron chi connectivity index (χ2n) is 18.5. The van der Waals surface area contributed by atoms with Crippen LogP contribution in [0.5, 0.6) is 0 Å². The molecule has 4 aliphatic rings. The molecule has 0 aliphatic heterocycles. The average Bonchev–Trinajstić information content (AvgIpc) is 3.38. The third-order valence-electron chi connectivity index (χ3n) is 13.0. The fourth-order valence-corrected chi connectivity index (χ4v) is 17.0. The number of hydrogen-bond acceptors (Lipinski definition) is 8. The lowest BCUT2D eigenvalue weighted by Gasteiger charge is -2.56. The zero-order chi connectivity index (χ0) is 55.5. The van der Waals surface area contributed by atoms with E-state index in [1.807, 2.05) is 0 Å². The number of benzene rings is 6. The molecule has 76 heavy (non-hydrogen) atoms. The zero-order valence-corrected chi connectivity index (χ0v) is 42.8. The number of hydrogen-bond donors (Lipinski definition) is 0. The minimum Gasteiger partial charge on any atom is -0.757 e. The number of alkyl halides is 11. The molecule has 6 aromatic rings. The van der Waals surface area contributed by atoms with Crippen LogP contribution < -0.4 is 0 Å². The number of halogens is 11. The summed E-state index contributed by atoms with van der Waals surface area (Å²) in [5.41, 5.74) is -0.355. The maximum atomic E-state index is 16.3. The molecule has 0 N–H and O–H groups in total. The van der Waals surface area contributed by atoms with Gasteiger partial charge in [0.2, 0.25) is 11.2 Å². The van der Waals surface area contributed by atoms with E-state index in [0.717, 1.165) is 50.7 Å². The van der Waals surface area contributed by atoms with Crippen molar-refractivity contribution < 1.29 is 83.2 Å². The van der Waals surface area contributed by atoms with Gasteiger partial charge < -0.3 is 13.8 Å². The number of esters is 1. The van der Waals surface area contributed by atoms with Crippen molar-refractivity contribution in [2.45, 2.75) is 96.4 Å². The number of carbonyl (C=O) groups is 1. The molecular formula is C53H47F11O8S4. The van der Waals surface area contributed by atoms with Crippen LogP contribution in [-0.4, -0.2) is 62.8 Å². The molecule has 10 rings (SSSR count). The highest BCUT2D eigenvalue weighted by atomic mass is 32.4. The molecule has 0 spiro atoms. The predicted octanol–water partition coefficient (Wildman–Crippen LogP) is 13.7. The van der Waals surface area contributed by atoms with Crippen molar-refractivity contribution in [3.63, 3.8) is 0 Å². The van der Waals surface area contributed by atoms with Crippen LogP contribution in [0, 0.1) is 23.2 Å². The van der Waals surface area contributed by atoms with Crippen molar-refractivity contribution >= 4 is 47.8 Å². The van der Waals surface area contributed by atoms with Gasteiger partial charge in [0.15, 0.2) is 34.6 Å². The molecule has 408 valence electrons. The van der Waals surface area contributed by atoms with Gasteiger partial charge in [-0.3, -0.25) is 4.21 Å². The first-order valence-corrected chi connectivity index (χ1v) is 28.7. The Morgan fingerprint density at radius 2 is 0.855 bits per heavy atom. The van der Waals surface area contributed by atoms with Gasteiger partial charge in [-0.05, 0) is 129 Å². The molecule has 0 unspecified atom stereocenters. The molecular weight excluding hydrogens is 1100 g/mol. The third-order valence-corrected chi connectivity index (χ3v) is 21.2. The van der Waals surface area contributed by atoms with E-state index in [1.54, 1.807) is 60.7 Å². The highest BCUT2D eigenvalue weighted by Gasteiger charge is 2.84. The molecule has 4 bridgehead atoms. The van der Waals surface area contributed by atoms with E-state index in [4.69, 9.17) is 8.37 Å². The van der Waals surface area contributed by atoms with E-state index in [9.17, 15) is 66.0 Å². The van der Waals surface area contributed by atoms with Gasteiger partial charge in [0.25, 0.3) is 0 Å². The van der Waals surface area contributed by atoms with Crippen molar-refractivity contribution in [2.24, 2.45) is 23.2 Å². The topological polar surface area (TPSA) is 133 Å². The zero-order valence-electron chi connectivity index (χ0n) is 39.6. The molecule has 0 heterocycles. The fourth-order valence-electron chi connectivity index (χ4n) is 9.82. The predicted molar refractivity (Wildman–Crippen MR) is 260 cm³/mol. The van der Waals surface area contributed by atoms with Crippen LogP contribution in [0.15, 0.2) is 211 Å². The molecule has 8 nitrogen and oxygen atoms in total. The summed E-state index contributed by atoms with van der Waals surface area (Å²) in [6.45, 7) is -0.203. The van der Waals surface area contributed by atoms with Crippen molar-refractivity contribution in [1.29, 1.82) is 0 Å². The molecule has 0 radical (unpaired) electrons. The standard InChI is InChI=1S/C31H32F2O5S2.C18H15S.C4HF9O3S/c32-31(33,29(34)37-22-30-19-23-16-24(20-30)18-25(17-23)21-30)40(35,36,28-14-8-3-9-15-28)38-39(26-10-4-1-5-11-26)27-12-6-2-7-13-27;1-4-10-16(11-5-1)19(17-12-6-2-7-13-17)18-14-8-3-9-15-18;5-1(6,3(9,10)11)2(7,8)4(12,13)17(14,15)16/h1-15,23-25H,16-22H2;1-15H;(H,14,15,16)/q;+1;/p-1. The van der Waals surface area contributed by atoms with Gasteiger partial charge in [-0.25, -0.2) is 13.2 Å². The van der Waals surface area contributed by atoms with E-state index in [-0.39, 0.29) is 22.9 Å². The van der Waals surface area contributed by atoms with Crippen LogP contribution in [0.4, 0.5) is 48.3 Å². The van der Waals surface area contributed by atoms with Crippen molar-refractivity contribution in [1.82, 2.24) is 0 Å².